The normalized spacial score (nSPS) is 18.1. The minimum Gasteiger partial charge on any atom is -0.321 e. The number of nitrogens with one attached hydrogen (secondary N) is 1. The molecule has 1 aliphatic heterocycles. The Bertz CT molecular complexity index is 998. The molecule has 2 aromatic carbocycles. The van der Waals surface area contributed by atoms with Crippen LogP contribution in [0.5, 0.6) is 0 Å². The van der Waals surface area contributed by atoms with E-state index >= 15 is 0 Å². The molecule has 150 valence electrons. The fraction of sp³-hybridized carbons (Fsp3) is 0.278. The van der Waals surface area contributed by atoms with E-state index in [9.17, 15) is 22.0 Å². The standard InChI is InChI=1S/C18H16Cl2F2N2O3S/c19-12-6-7-13(20)16(9-12)28(26,27)24-8-2-3-11(10-24)18(25)23-17-14(21)4-1-5-15(17)22/h1,4-7,9,11H,2-3,8,10H2,(H,23,25)/t11-/m0/s1. The van der Waals surface area contributed by atoms with E-state index < -0.39 is 39.2 Å². The van der Waals surface area contributed by atoms with Gasteiger partial charge in [-0.05, 0) is 43.2 Å². The number of rotatable bonds is 4. The average Bonchev–Trinajstić information content (AvgIpc) is 2.66. The molecule has 1 fully saturated rings. The number of benzene rings is 2. The van der Waals surface area contributed by atoms with Gasteiger partial charge in [0.1, 0.15) is 22.2 Å². The van der Waals surface area contributed by atoms with Gasteiger partial charge in [-0.15, -0.1) is 0 Å². The van der Waals surface area contributed by atoms with Crippen LogP contribution in [0.25, 0.3) is 0 Å². The molecule has 1 atom stereocenters. The third-order valence-corrected chi connectivity index (χ3v) is 7.06. The van der Waals surface area contributed by atoms with Crippen molar-refractivity contribution >= 4 is 44.8 Å². The maximum atomic E-state index is 13.8. The fourth-order valence-corrected chi connectivity index (χ4v) is 5.29. The van der Waals surface area contributed by atoms with Crippen LogP contribution in [0.15, 0.2) is 41.3 Å². The van der Waals surface area contributed by atoms with Gasteiger partial charge in [-0.2, -0.15) is 4.31 Å². The van der Waals surface area contributed by atoms with Crippen LogP contribution in [0, 0.1) is 17.6 Å². The second-order valence-corrected chi connectivity index (χ2v) is 9.11. The summed E-state index contributed by atoms with van der Waals surface area (Å²) in [5, 5.41) is 2.45. The molecule has 0 radical (unpaired) electrons. The second-order valence-electron chi connectivity index (χ2n) is 6.36. The summed E-state index contributed by atoms with van der Waals surface area (Å²) in [6.07, 6.45) is 0.798. The van der Waals surface area contributed by atoms with Crippen molar-refractivity contribution in [2.24, 2.45) is 5.92 Å². The number of nitrogens with zero attached hydrogens (tertiary/aromatic N) is 1. The lowest BCUT2D eigenvalue weighted by Crippen LogP contribution is -2.43. The number of anilines is 1. The number of hydrogen-bond acceptors (Lipinski definition) is 3. The van der Waals surface area contributed by atoms with E-state index in [-0.39, 0.29) is 28.0 Å². The van der Waals surface area contributed by atoms with Crippen molar-refractivity contribution < 1.29 is 22.0 Å². The maximum Gasteiger partial charge on any atom is 0.244 e. The van der Waals surface area contributed by atoms with Crippen molar-refractivity contribution in [2.75, 3.05) is 18.4 Å². The molecule has 1 saturated heterocycles. The van der Waals surface area contributed by atoms with Crippen molar-refractivity contribution in [2.45, 2.75) is 17.7 Å². The first-order valence-corrected chi connectivity index (χ1v) is 10.6. The molecule has 0 saturated carbocycles. The zero-order chi connectivity index (χ0) is 20.5. The second kappa shape index (κ2) is 8.32. The van der Waals surface area contributed by atoms with Gasteiger partial charge in [0.25, 0.3) is 0 Å². The largest absolute Gasteiger partial charge is 0.321 e. The van der Waals surface area contributed by atoms with Crippen molar-refractivity contribution in [1.82, 2.24) is 4.31 Å². The highest BCUT2D eigenvalue weighted by molar-refractivity contribution is 7.89. The summed E-state index contributed by atoms with van der Waals surface area (Å²) in [7, 11) is -3.98. The number of hydrogen-bond donors (Lipinski definition) is 1. The molecule has 0 aliphatic carbocycles. The molecule has 1 aliphatic rings. The zero-order valence-electron chi connectivity index (χ0n) is 14.5. The lowest BCUT2D eigenvalue weighted by atomic mass is 9.98. The maximum absolute atomic E-state index is 13.8. The summed E-state index contributed by atoms with van der Waals surface area (Å²) in [6, 6.07) is 7.33. The number of piperidine rings is 1. The highest BCUT2D eigenvalue weighted by Crippen LogP contribution is 2.31. The first kappa shape index (κ1) is 21.0. The van der Waals surface area contributed by atoms with Gasteiger partial charge in [0.05, 0.1) is 10.9 Å². The number of amides is 1. The minimum absolute atomic E-state index is 0.0180. The summed E-state index contributed by atoms with van der Waals surface area (Å²) < 4.78 is 54.5. The average molecular weight is 449 g/mol. The third-order valence-electron chi connectivity index (χ3n) is 4.48. The number of para-hydroxylation sites is 1. The Kier molecular flexibility index (Phi) is 6.24. The van der Waals surface area contributed by atoms with E-state index in [1.807, 2.05) is 0 Å². The molecule has 0 unspecified atom stereocenters. The molecule has 0 spiro atoms. The molecule has 3 rings (SSSR count). The van der Waals surface area contributed by atoms with Gasteiger partial charge in [0, 0.05) is 18.1 Å². The van der Waals surface area contributed by atoms with Crippen molar-refractivity contribution in [1.29, 1.82) is 0 Å². The zero-order valence-corrected chi connectivity index (χ0v) is 16.8. The molecule has 0 aromatic heterocycles. The van der Waals surface area contributed by atoms with E-state index in [1.165, 1.54) is 24.3 Å². The van der Waals surface area contributed by atoms with E-state index in [4.69, 9.17) is 23.2 Å². The fourth-order valence-electron chi connectivity index (χ4n) is 3.03. The van der Waals surface area contributed by atoms with Crippen LogP contribution in [0.3, 0.4) is 0 Å². The SMILES string of the molecule is O=C(Nc1c(F)cccc1F)[C@H]1CCCN(S(=O)(=O)c2cc(Cl)ccc2Cl)C1. The van der Waals surface area contributed by atoms with Crippen LogP contribution in [-0.4, -0.2) is 31.7 Å². The predicted octanol–water partition coefficient (Wildman–Crippen LogP) is 4.31. The van der Waals surface area contributed by atoms with Gasteiger partial charge >= 0.3 is 0 Å². The van der Waals surface area contributed by atoms with Crippen molar-refractivity contribution in [3.05, 3.63) is 58.1 Å². The van der Waals surface area contributed by atoms with Gasteiger partial charge in [-0.3, -0.25) is 4.79 Å². The summed E-state index contributed by atoms with van der Waals surface area (Å²) in [4.78, 5) is 12.3. The number of carbonyl (C=O) groups is 1. The van der Waals surface area contributed by atoms with E-state index in [2.05, 4.69) is 5.32 Å². The molecule has 1 amide bonds. The summed E-state index contributed by atoms with van der Waals surface area (Å²) in [6.45, 7) is 0.0656. The summed E-state index contributed by atoms with van der Waals surface area (Å²) in [5.74, 6) is -3.22. The van der Waals surface area contributed by atoms with Crippen LogP contribution in [0.1, 0.15) is 12.8 Å². The van der Waals surface area contributed by atoms with E-state index in [1.54, 1.807) is 0 Å². The van der Waals surface area contributed by atoms with Gasteiger partial charge in [0.2, 0.25) is 15.9 Å². The Labute approximate surface area is 171 Å². The van der Waals surface area contributed by atoms with Crippen LogP contribution in [-0.2, 0) is 14.8 Å². The van der Waals surface area contributed by atoms with Gasteiger partial charge < -0.3 is 5.32 Å². The smallest absolute Gasteiger partial charge is 0.244 e. The predicted molar refractivity (Wildman–Crippen MR) is 103 cm³/mol. The number of halogens is 4. The van der Waals surface area contributed by atoms with Gasteiger partial charge in [0.15, 0.2) is 0 Å². The molecule has 10 heteroatoms. The lowest BCUT2D eigenvalue weighted by molar-refractivity contribution is -0.120. The Morgan fingerprint density at radius 1 is 1.14 bits per heavy atom. The van der Waals surface area contributed by atoms with Gasteiger partial charge in [-0.1, -0.05) is 29.3 Å². The Balaban J connectivity index is 1.80. The molecule has 1 N–H and O–H groups in total. The first-order chi connectivity index (χ1) is 13.2. The van der Waals surface area contributed by atoms with Crippen LogP contribution in [0.2, 0.25) is 10.0 Å². The highest BCUT2D eigenvalue weighted by Gasteiger charge is 2.35. The summed E-state index contributed by atoms with van der Waals surface area (Å²) in [5.41, 5.74) is -0.551. The highest BCUT2D eigenvalue weighted by atomic mass is 35.5. The Hall–Kier alpha value is -1.74. The molecule has 0 bridgehead atoms. The molecule has 2 aromatic rings. The quantitative estimate of drug-likeness (QED) is 0.757. The molecular weight excluding hydrogens is 433 g/mol. The molecular formula is C18H16Cl2F2N2O3S. The molecule has 5 nitrogen and oxygen atoms in total. The molecule has 28 heavy (non-hydrogen) atoms. The molecule has 1 heterocycles. The lowest BCUT2D eigenvalue weighted by Gasteiger charge is -2.31. The van der Waals surface area contributed by atoms with Crippen LogP contribution >= 0.6 is 23.2 Å². The van der Waals surface area contributed by atoms with Gasteiger partial charge in [-0.25, -0.2) is 17.2 Å². The Morgan fingerprint density at radius 2 is 1.82 bits per heavy atom. The van der Waals surface area contributed by atoms with Crippen molar-refractivity contribution in [3.8, 4) is 0 Å². The van der Waals surface area contributed by atoms with Crippen molar-refractivity contribution in [3.63, 3.8) is 0 Å². The van der Waals surface area contributed by atoms with E-state index in [0.29, 0.717) is 12.8 Å². The van der Waals surface area contributed by atoms with Crippen LogP contribution < -0.4 is 5.32 Å². The van der Waals surface area contributed by atoms with Crippen LogP contribution in [0.4, 0.5) is 14.5 Å². The number of carbonyl (C=O) groups excluding carboxylic acids is 1. The third kappa shape index (κ3) is 4.30. The topological polar surface area (TPSA) is 66.5 Å². The minimum atomic E-state index is -3.98. The summed E-state index contributed by atoms with van der Waals surface area (Å²) >= 11 is 11.9. The Morgan fingerprint density at radius 3 is 2.50 bits per heavy atom. The monoisotopic (exact) mass is 448 g/mol. The number of sulfonamides is 1. The first-order valence-electron chi connectivity index (χ1n) is 8.40. The van der Waals surface area contributed by atoms with E-state index in [0.717, 1.165) is 16.4 Å².